The summed E-state index contributed by atoms with van der Waals surface area (Å²) < 4.78 is 5.45. The Morgan fingerprint density at radius 3 is 2.95 bits per heavy atom. The molecule has 1 aromatic rings. The van der Waals surface area contributed by atoms with Crippen molar-refractivity contribution in [3.63, 3.8) is 0 Å². The Morgan fingerprint density at radius 2 is 2.25 bits per heavy atom. The minimum Gasteiger partial charge on any atom is -0.394 e. The minimum absolute atomic E-state index is 0.0402. The number of nitrogens with zero attached hydrogens (tertiary/aromatic N) is 1. The minimum atomic E-state index is -0.251. The van der Waals surface area contributed by atoms with E-state index in [1.165, 1.54) is 5.56 Å². The number of aliphatic hydroxyl groups excluding tert-OH is 1. The first kappa shape index (κ1) is 15.4. The van der Waals surface area contributed by atoms with Gasteiger partial charge in [-0.3, -0.25) is 4.79 Å². The second-order valence-electron chi connectivity index (χ2n) is 5.09. The lowest BCUT2D eigenvalue weighted by Gasteiger charge is -2.37. The number of hydrogen-bond donors (Lipinski definition) is 1. The van der Waals surface area contributed by atoms with Gasteiger partial charge in [0.2, 0.25) is 5.91 Å². The molecule has 0 radical (unpaired) electrons. The molecule has 1 saturated heterocycles. The van der Waals surface area contributed by atoms with E-state index in [1.54, 1.807) is 11.8 Å². The summed E-state index contributed by atoms with van der Waals surface area (Å²) in [5.74, 6) is 0.528. The largest absolute Gasteiger partial charge is 0.394 e. The molecule has 1 aliphatic rings. The Morgan fingerprint density at radius 1 is 1.50 bits per heavy atom. The number of benzene rings is 1. The summed E-state index contributed by atoms with van der Waals surface area (Å²) in [6, 6.07) is 8.14. The number of ether oxygens (including phenoxy) is 1. The molecule has 0 spiro atoms. The summed E-state index contributed by atoms with van der Waals surface area (Å²) in [5.41, 5.74) is 1.19. The summed E-state index contributed by atoms with van der Waals surface area (Å²) in [6.45, 7) is 4.95. The van der Waals surface area contributed by atoms with E-state index >= 15 is 0 Å². The normalized spacial score (nSPS) is 22.9. The van der Waals surface area contributed by atoms with Crippen molar-refractivity contribution >= 4 is 17.7 Å². The number of morpholine rings is 1. The molecule has 1 aromatic carbocycles. The molecule has 20 heavy (non-hydrogen) atoms. The fraction of sp³-hybridized carbons (Fsp3) is 0.533. The van der Waals surface area contributed by atoms with E-state index in [9.17, 15) is 4.79 Å². The van der Waals surface area contributed by atoms with Crippen molar-refractivity contribution in [2.75, 3.05) is 25.5 Å². The van der Waals surface area contributed by atoms with Gasteiger partial charge in [0, 0.05) is 11.4 Å². The van der Waals surface area contributed by atoms with Crippen molar-refractivity contribution in [3.8, 4) is 0 Å². The highest BCUT2D eigenvalue weighted by Gasteiger charge is 2.29. The van der Waals surface area contributed by atoms with Crippen molar-refractivity contribution in [2.24, 2.45) is 0 Å². The Hall–Kier alpha value is -1.04. The first-order chi connectivity index (χ1) is 9.61. The standard InChI is InChI=1S/C15H21NO3S/c1-11-5-3-4-6-14(11)20-10-15(18)16-7-13(8-17)19-9-12(16)2/h3-6,12-13,17H,7-10H2,1-2H3. The number of amides is 1. The maximum atomic E-state index is 12.3. The molecule has 1 N–H and O–H groups in total. The summed E-state index contributed by atoms with van der Waals surface area (Å²) in [5, 5.41) is 9.15. The number of rotatable bonds is 4. The van der Waals surface area contributed by atoms with Crippen molar-refractivity contribution < 1.29 is 14.6 Å². The number of aliphatic hydroxyl groups is 1. The van der Waals surface area contributed by atoms with Crippen molar-refractivity contribution in [1.29, 1.82) is 0 Å². The highest BCUT2D eigenvalue weighted by molar-refractivity contribution is 8.00. The molecule has 0 aliphatic carbocycles. The van der Waals surface area contributed by atoms with Crippen molar-refractivity contribution in [2.45, 2.75) is 30.9 Å². The summed E-state index contributed by atoms with van der Waals surface area (Å²) in [4.78, 5) is 15.3. The second-order valence-corrected chi connectivity index (χ2v) is 6.10. The van der Waals surface area contributed by atoms with Crippen LogP contribution in [0, 0.1) is 6.92 Å². The Balaban J connectivity index is 1.92. The predicted molar refractivity (Wildman–Crippen MR) is 79.9 cm³/mol. The van der Waals surface area contributed by atoms with Crippen LogP contribution in [-0.4, -0.2) is 53.6 Å². The zero-order chi connectivity index (χ0) is 14.5. The molecule has 1 heterocycles. The zero-order valence-electron chi connectivity index (χ0n) is 11.9. The summed E-state index contributed by atoms with van der Waals surface area (Å²) >= 11 is 1.57. The van der Waals surface area contributed by atoms with Gasteiger partial charge in [0.1, 0.15) is 0 Å². The fourth-order valence-corrected chi connectivity index (χ4v) is 3.13. The SMILES string of the molecule is Cc1ccccc1SCC(=O)N1CC(CO)OCC1C. The van der Waals surface area contributed by atoms with Gasteiger partial charge in [0.05, 0.1) is 31.1 Å². The van der Waals surface area contributed by atoms with Crippen molar-refractivity contribution in [1.82, 2.24) is 4.90 Å². The predicted octanol–water partition coefficient (Wildman–Crippen LogP) is 1.70. The third kappa shape index (κ3) is 3.75. The van der Waals surface area contributed by atoms with Crippen LogP contribution in [0.25, 0.3) is 0 Å². The number of thioether (sulfide) groups is 1. The second kappa shape index (κ2) is 7.11. The van der Waals surface area contributed by atoms with E-state index < -0.39 is 0 Å². The van der Waals surface area contributed by atoms with E-state index in [0.29, 0.717) is 18.9 Å². The van der Waals surface area contributed by atoms with Gasteiger partial charge in [-0.05, 0) is 25.5 Å². The van der Waals surface area contributed by atoms with E-state index in [0.717, 1.165) is 4.90 Å². The number of carbonyl (C=O) groups excluding carboxylic acids is 1. The molecule has 2 atom stereocenters. The first-order valence-electron chi connectivity index (χ1n) is 6.82. The molecule has 2 unspecified atom stereocenters. The third-order valence-corrected chi connectivity index (χ3v) is 4.63. The lowest BCUT2D eigenvalue weighted by atomic mass is 10.2. The van der Waals surface area contributed by atoms with Crippen LogP contribution >= 0.6 is 11.8 Å². The maximum absolute atomic E-state index is 12.3. The van der Waals surface area contributed by atoms with Gasteiger partial charge in [0.25, 0.3) is 0 Å². The lowest BCUT2D eigenvalue weighted by Crippen LogP contribution is -2.52. The Bertz CT molecular complexity index is 466. The van der Waals surface area contributed by atoms with Gasteiger partial charge in [0.15, 0.2) is 0 Å². The van der Waals surface area contributed by atoms with Gasteiger partial charge in [-0.1, -0.05) is 18.2 Å². The van der Waals surface area contributed by atoms with Crippen LogP contribution < -0.4 is 0 Å². The lowest BCUT2D eigenvalue weighted by molar-refractivity contribution is -0.143. The van der Waals surface area contributed by atoms with Crippen LogP contribution in [0.1, 0.15) is 12.5 Å². The average molecular weight is 295 g/mol. The summed E-state index contributed by atoms with van der Waals surface area (Å²) in [6.07, 6.45) is -0.251. The zero-order valence-corrected chi connectivity index (χ0v) is 12.7. The molecular weight excluding hydrogens is 274 g/mol. The van der Waals surface area contributed by atoms with E-state index in [4.69, 9.17) is 9.84 Å². The molecule has 4 nitrogen and oxygen atoms in total. The van der Waals surface area contributed by atoms with Crippen molar-refractivity contribution in [3.05, 3.63) is 29.8 Å². The van der Waals surface area contributed by atoms with Gasteiger partial charge in [-0.2, -0.15) is 0 Å². The quantitative estimate of drug-likeness (QED) is 0.859. The van der Waals surface area contributed by atoms with Crippen LogP contribution in [0.3, 0.4) is 0 Å². The molecule has 5 heteroatoms. The molecular formula is C15H21NO3S. The highest BCUT2D eigenvalue weighted by atomic mass is 32.2. The molecule has 2 rings (SSSR count). The molecule has 110 valence electrons. The Labute approximate surface area is 124 Å². The molecule has 1 amide bonds. The van der Waals surface area contributed by atoms with Crippen LogP contribution in [0.4, 0.5) is 0 Å². The number of carbonyl (C=O) groups is 1. The first-order valence-corrected chi connectivity index (χ1v) is 7.80. The van der Waals surface area contributed by atoms with Crippen LogP contribution in [0.5, 0.6) is 0 Å². The number of hydrogen-bond acceptors (Lipinski definition) is 4. The van der Waals surface area contributed by atoms with Gasteiger partial charge in [-0.25, -0.2) is 0 Å². The highest BCUT2D eigenvalue weighted by Crippen LogP contribution is 2.23. The molecule has 0 saturated carbocycles. The smallest absolute Gasteiger partial charge is 0.233 e. The molecule has 0 bridgehead atoms. The van der Waals surface area contributed by atoms with Gasteiger partial charge in [-0.15, -0.1) is 11.8 Å². The molecule has 1 fully saturated rings. The van der Waals surface area contributed by atoms with Crippen LogP contribution in [-0.2, 0) is 9.53 Å². The molecule has 1 aliphatic heterocycles. The monoisotopic (exact) mass is 295 g/mol. The van der Waals surface area contributed by atoms with Crippen LogP contribution in [0.2, 0.25) is 0 Å². The Kier molecular flexibility index (Phi) is 5.46. The van der Waals surface area contributed by atoms with E-state index in [-0.39, 0.29) is 24.7 Å². The van der Waals surface area contributed by atoms with E-state index in [2.05, 4.69) is 0 Å². The fourth-order valence-electron chi connectivity index (χ4n) is 2.22. The maximum Gasteiger partial charge on any atom is 0.233 e. The van der Waals surface area contributed by atoms with E-state index in [1.807, 2.05) is 43.0 Å². The van der Waals surface area contributed by atoms with Gasteiger partial charge < -0.3 is 14.7 Å². The van der Waals surface area contributed by atoms with Gasteiger partial charge >= 0.3 is 0 Å². The number of aryl methyl sites for hydroxylation is 1. The topological polar surface area (TPSA) is 49.8 Å². The summed E-state index contributed by atoms with van der Waals surface area (Å²) in [7, 11) is 0. The average Bonchev–Trinajstić information content (AvgIpc) is 2.46. The molecule has 0 aromatic heterocycles. The third-order valence-electron chi connectivity index (χ3n) is 3.47. The van der Waals surface area contributed by atoms with Crippen LogP contribution in [0.15, 0.2) is 29.2 Å².